The summed E-state index contributed by atoms with van der Waals surface area (Å²) in [6.07, 6.45) is 1.37. The average Bonchev–Trinajstić information content (AvgIpc) is 2.59. The minimum Gasteiger partial charge on any atom is -0.369 e. The molecular weight excluding hydrogens is 347 g/mol. The van der Waals surface area contributed by atoms with Crippen LogP contribution in [0.3, 0.4) is 0 Å². The fraction of sp³-hybridized carbons (Fsp3) is 0.0556. The number of nitrogens with zero attached hydrogens (tertiary/aromatic N) is 1. The van der Waals surface area contributed by atoms with Crippen molar-refractivity contribution in [2.45, 2.75) is 5.92 Å². The number of rotatable bonds is 4. The molecule has 0 aliphatic carbocycles. The molecule has 0 saturated heterocycles. The molecule has 0 saturated carbocycles. The Morgan fingerprint density at radius 2 is 1.69 bits per heavy atom. The maximum atomic E-state index is 13.4. The van der Waals surface area contributed by atoms with Crippen LogP contribution < -0.4 is 11.1 Å². The summed E-state index contributed by atoms with van der Waals surface area (Å²) in [6.45, 7) is 0. The van der Waals surface area contributed by atoms with Gasteiger partial charge in [0.15, 0.2) is 17.5 Å². The van der Waals surface area contributed by atoms with Gasteiger partial charge in [0.25, 0.3) is 0 Å². The summed E-state index contributed by atoms with van der Waals surface area (Å²) in [7, 11) is 0. The minimum absolute atomic E-state index is 0.267. The van der Waals surface area contributed by atoms with Gasteiger partial charge in [0.1, 0.15) is 5.92 Å². The molecule has 0 unspecified atom stereocenters. The zero-order valence-electron chi connectivity index (χ0n) is 13.2. The Bertz CT molecular complexity index is 1000. The van der Waals surface area contributed by atoms with Gasteiger partial charge in [-0.3, -0.25) is 14.6 Å². The second kappa shape index (κ2) is 6.83. The van der Waals surface area contributed by atoms with Crippen molar-refractivity contribution in [1.29, 1.82) is 0 Å². The maximum absolute atomic E-state index is 13.4. The number of para-hydroxylation sites is 1. The zero-order chi connectivity index (χ0) is 18.8. The highest BCUT2D eigenvalue weighted by atomic mass is 19.2. The molecule has 0 spiro atoms. The number of aromatic nitrogens is 1. The van der Waals surface area contributed by atoms with E-state index in [0.29, 0.717) is 17.6 Å². The van der Waals surface area contributed by atoms with E-state index in [1.807, 2.05) is 0 Å². The molecule has 3 aromatic rings. The van der Waals surface area contributed by atoms with Crippen LogP contribution in [0.25, 0.3) is 10.9 Å². The normalized spacial score (nSPS) is 12.0. The van der Waals surface area contributed by atoms with E-state index in [0.717, 1.165) is 5.39 Å². The van der Waals surface area contributed by atoms with E-state index < -0.39 is 35.2 Å². The van der Waals surface area contributed by atoms with Crippen LogP contribution in [0.4, 0.5) is 18.9 Å². The molecule has 1 heterocycles. The number of fused-ring (bicyclic) bond motifs is 1. The van der Waals surface area contributed by atoms with E-state index in [1.54, 1.807) is 30.3 Å². The van der Waals surface area contributed by atoms with Crippen LogP contribution in [-0.2, 0) is 9.59 Å². The summed E-state index contributed by atoms with van der Waals surface area (Å²) in [6, 6.07) is 9.87. The number of primary amides is 1. The van der Waals surface area contributed by atoms with Crippen molar-refractivity contribution in [2.75, 3.05) is 5.32 Å². The molecule has 3 rings (SSSR count). The Balaban J connectivity index is 1.92. The van der Waals surface area contributed by atoms with Gasteiger partial charge in [-0.1, -0.05) is 18.2 Å². The number of amides is 2. The van der Waals surface area contributed by atoms with Crippen LogP contribution >= 0.6 is 0 Å². The standard InChI is InChI=1S/C18H12F3N3O2/c19-12-6-10(7-13(20)16(12)21)15(17(22)25)18(26)24-11-5-9-3-1-2-4-14(9)23-8-11/h1-8,15H,(H2,22,25)(H,24,26)/t15-/m1/s1. The number of nitrogens with one attached hydrogen (secondary N) is 1. The topological polar surface area (TPSA) is 85.1 Å². The van der Waals surface area contributed by atoms with Crippen LogP contribution in [0, 0.1) is 17.5 Å². The van der Waals surface area contributed by atoms with Crippen molar-refractivity contribution in [2.24, 2.45) is 5.73 Å². The lowest BCUT2D eigenvalue weighted by Gasteiger charge is -2.15. The first kappa shape index (κ1) is 17.4. The van der Waals surface area contributed by atoms with Crippen molar-refractivity contribution in [3.8, 4) is 0 Å². The molecule has 0 aliphatic rings. The predicted octanol–water partition coefficient (Wildman–Crippen LogP) is 2.86. The summed E-state index contributed by atoms with van der Waals surface area (Å²) >= 11 is 0. The summed E-state index contributed by atoms with van der Waals surface area (Å²) in [5.74, 6) is -8.50. The number of carbonyl (C=O) groups excluding carboxylic acids is 2. The van der Waals surface area contributed by atoms with E-state index in [4.69, 9.17) is 5.73 Å². The number of anilines is 1. The van der Waals surface area contributed by atoms with Crippen molar-refractivity contribution >= 4 is 28.4 Å². The number of hydrogen-bond donors (Lipinski definition) is 2. The third-order valence-corrected chi connectivity index (χ3v) is 3.74. The summed E-state index contributed by atoms with van der Waals surface area (Å²) in [5.41, 5.74) is 5.77. The first-order valence-electron chi connectivity index (χ1n) is 7.46. The van der Waals surface area contributed by atoms with Crippen molar-refractivity contribution in [3.63, 3.8) is 0 Å². The molecule has 5 nitrogen and oxygen atoms in total. The van der Waals surface area contributed by atoms with Crippen LogP contribution in [0.1, 0.15) is 11.5 Å². The Hall–Kier alpha value is -3.42. The van der Waals surface area contributed by atoms with Gasteiger partial charge in [-0.15, -0.1) is 0 Å². The van der Waals surface area contributed by atoms with Gasteiger partial charge in [-0.2, -0.15) is 0 Å². The van der Waals surface area contributed by atoms with Crippen molar-refractivity contribution in [3.05, 3.63) is 71.7 Å². The molecule has 8 heteroatoms. The quantitative estimate of drug-likeness (QED) is 0.555. The predicted molar refractivity (Wildman–Crippen MR) is 88.6 cm³/mol. The summed E-state index contributed by atoms with van der Waals surface area (Å²) in [4.78, 5) is 28.2. The molecule has 1 aromatic heterocycles. The molecule has 0 fully saturated rings. The van der Waals surface area contributed by atoms with Gasteiger partial charge in [-0.05, 0) is 29.8 Å². The second-order valence-electron chi connectivity index (χ2n) is 5.54. The maximum Gasteiger partial charge on any atom is 0.241 e. The van der Waals surface area contributed by atoms with E-state index in [2.05, 4.69) is 10.3 Å². The smallest absolute Gasteiger partial charge is 0.241 e. The van der Waals surface area contributed by atoms with Crippen LogP contribution in [0.2, 0.25) is 0 Å². The zero-order valence-corrected chi connectivity index (χ0v) is 13.2. The number of carbonyl (C=O) groups is 2. The fourth-order valence-electron chi connectivity index (χ4n) is 2.54. The highest BCUT2D eigenvalue weighted by molar-refractivity contribution is 6.10. The summed E-state index contributed by atoms with van der Waals surface area (Å²) < 4.78 is 39.9. The lowest BCUT2D eigenvalue weighted by molar-refractivity contribution is -0.127. The Kier molecular flexibility index (Phi) is 4.57. The van der Waals surface area contributed by atoms with E-state index in [9.17, 15) is 22.8 Å². The molecule has 1 atom stereocenters. The Labute approximate surface area is 145 Å². The molecule has 26 heavy (non-hydrogen) atoms. The van der Waals surface area contributed by atoms with Gasteiger partial charge in [0, 0.05) is 5.39 Å². The molecule has 0 bridgehead atoms. The second-order valence-corrected chi connectivity index (χ2v) is 5.54. The van der Waals surface area contributed by atoms with E-state index >= 15 is 0 Å². The lowest BCUT2D eigenvalue weighted by Crippen LogP contribution is -2.32. The highest BCUT2D eigenvalue weighted by Crippen LogP contribution is 2.23. The number of hydrogen-bond acceptors (Lipinski definition) is 3. The first-order chi connectivity index (χ1) is 12.4. The number of benzene rings is 2. The largest absolute Gasteiger partial charge is 0.369 e. The summed E-state index contributed by atoms with van der Waals surface area (Å²) in [5, 5.41) is 3.16. The third-order valence-electron chi connectivity index (χ3n) is 3.74. The Morgan fingerprint density at radius 1 is 1.04 bits per heavy atom. The molecule has 0 aliphatic heterocycles. The monoisotopic (exact) mass is 359 g/mol. The van der Waals surface area contributed by atoms with Crippen molar-refractivity contribution < 1.29 is 22.8 Å². The highest BCUT2D eigenvalue weighted by Gasteiger charge is 2.29. The lowest BCUT2D eigenvalue weighted by atomic mass is 9.97. The van der Waals surface area contributed by atoms with Gasteiger partial charge in [0.2, 0.25) is 11.8 Å². The molecule has 0 radical (unpaired) electrons. The molecule has 2 amide bonds. The molecule has 132 valence electrons. The molecule has 2 aromatic carbocycles. The SMILES string of the molecule is NC(=O)[C@H](C(=O)Nc1cnc2ccccc2c1)c1cc(F)c(F)c(F)c1. The van der Waals surface area contributed by atoms with Crippen LogP contribution in [-0.4, -0.2) is 16.8 Å². The number of halogens is 3. The van der Waals surface area contributed by atoms with E-state index in [-0.39, 0.29) is 11.3 Å². The van der Waals surface area contributed by atoms with Crippen LogP contribution in [0.5, 0.6) is 0 Å². The van der Waals surface area contributed by atoms with Gasteiger partial charge < -0.3 is 11.1 Å². The number of nitrogens with two attached hydrogens (primary N) is 1. The third kappa shape index (κ3) is 3.34. The van der Waals surface area contributed by atoms with Gasteiger partial charge in [0.05, 0.1) is 17.4 Å². The van der Waals surface area contributed by atoms with Crippen molar-refractivity contribution in [1.82, 2.24) is 4.98 Å². The van der Waals surface area contributed by atoms with Crippen LogP contribution in [0.15, 0.2) is 48.7 Å². The fourth-order valence-corrected chi connectivity index (χ4v) is 2.54. The van der Waals surface area contributed by atoms with E-state index in [1.165, 1.54) is 6.20 Å². The average molecular weight is 359 g/mol. The Morgan fingerprint density at radius 3 is 2.35 bits per heavy atom. The van der Waals surface area contributed by atoms with Gasteiger partial charge >= 0.3 is 0 Å². The van der Waals surface area contributed by atoms with Gasteiger partial charge in [-0.25, -0.2) is 13.2 Å². The number of pyridine rings is 1. The first-order valence-corrected chi connectivity index (χ1v) is 7.46. The molecule has 3 N–H and O–H groups in total. The minimum atomic E-state index is -1.70. The molecular formula is C18H12F3N3O2.